The van der Waals surface area contributed by atoms with Crippen LogP contribution in [0.25, 0.3) is 0 Å². The zero-order valence-corrected chi connectivity index (χ0v) is 5.89. The third-order valence-electron chi connectivity index (χ3n) is 1.07. The lowest BCUT2D eigenvalue weighted by atomic mass is 10.2. The van der Waals surface area contributed by atoms with Gasteiger partial charge in [-0.2, -0.15) is 0 Å². The third kappa shape index (κ3) is 1.11. The van der Waals surface area contributed by atoms with Gasteiger partial charge < -0.3 is 4.42 Å². The fourth-order valence-corrected chi connectivity index (χ4v) is 0.787. The van der Waals surface area contributed by atoms with Crippen LogP contribution >= 0.6 is 11.6 Å². The van der Waals surface area contributed by atoms with E-state index in [-0.39, 0.29) is 11.0 Å². The van der Waals surface area contributed by atoms with Crippen LogP contribution in [0.5, 0.6) is 0 Å². The Kier molecular flexibility index (Phi) is 1.92. The summed E-state index contributed by atoms with van der Waals surface area (Å²) in [5.74, 6) is -0.223. The average molecular weight is 157 g/mol. The fourth-order valence-electron chi connectivity index (χ4n) is 0.580. The Labute approximate surface area is 63.1 Å². The van der Waals surface area contributed by atoms with Crippen LogP contribution in [0.2, 0.25) is 5.22 Å². The van der Waals surface area contributed by atoms with Gasteiger partial charge in [0.05, 0.1) is 11.8 Å². The van der Waals surface area contributed by atoms with E-state index in [2.05, 4.69) is 11.0 Å². The van der Waals surface area contributed by atoms with Gasteiger partial charge in [-0.15, -0.1) is 0 Å². The number of rotatable bonds is 2. The Balaban J connectivity index is 3.04. The summed E-state index contributed by atoms with van der Waals surface area (Å²) in [7, 11) is 0. The molecule has 0 aliphatic carbocycles. The van der Waals surface area contributed by atoms with Crippen molar-refractivity contribution in [3.8, 4) is 0 Å². The Hall–Kier alpha value is -1.02. The van der Waals surface area contributed by atoms with Crippen molar-refractivity contribution in [3.05, 3.63) is 35.8 Å². The maximum absolute atomic E-state index is 10.8. The summed E-state index contributed by atoms with van der Waals surface area (Å²) in [5, 5.41) is 0.116. The van der Waals surface area contributed by atoms with Crippen LogP contribution in [0, 0.1) is 0 Å². The van der Waals surface area contributed by atoms with Crippen molar-refractivity contribution >= 4 is 17.4 Å². The van der Waals surface area contributed by atoms with Crippen molar-refractivity contribution in [3.63, 3.8) is 0 Å². The zero-order chi connectivity index (χ0) is 7.56. The van der Waals surface area contributed by atoms with E-state index in [9.17, 15) is 4.79 Å². The molecule has 0 saturated heterocycles. The largest absolute Gasteiger partial charge is 0.452 e. The standard InChI is InChI=1S/C7H5ClO2/c1-2-6(9)5-3-4-10-7(5)8/h2-4H,1H2. The summed E-state index contributed by atoms with van der Waals surface area (Å²) < 4.78 is 4.68. The maximum atomic E-state index is 10.8. The highest BCUT2D eigenvalue weighted by Crippen LogP contribution is 2.16. The highest BCUT2D eigenvalue weighted by Gasteiger charge is 2.08. The minimum absolute atomic E-state index is 0.116. The predicted octanol–water partition coefficient (Wildman–Crippen LogP) is 2.30. The average Bonchev–Trinajstić information content (AvgIpc) is 2.34. The molecule has 1 aromatic heterocycles. The molecule has 1 heterocycles. The molecule has 0 saturated carbocycles. The molecule has 0 unspecified atom stereocenters. The molecule has 0 atom stereocenters. The summed E-state index contributed by atoms with van der Waals surface area (Å²) in [6.07, 6.45) is 2.55. The first-order valence-electron chi connectivity index (χ1n) is 2.65. The van der Waals surface area contributed by atoms with Gasteiger partial charge in [-0.3, -0.25) is 4.79 Å². The van der Waals surface area contributed by atoms with Crippen molar-refractivity contribution in [1.29, 1.82) is 0 Å². The van der Waals surface area contributed by atoms with Gasteiger partial charge in [-0.1, -0.05) is 6.58 Å². The first-order chi connectivity index (χ1) is 4.75. The molecule has 0 fully saturated rings. The van der Waals surface area contributed by atoms with Gasteiger partial charge in [0.2, 0.25) is 5.22 Å². The lowest BCUT2D eigenvalue weighted by molar-refractivity contribution is 0.104. The molecular weight excluding hydrogens is 152 g/mol. The number of allylic oxidation sites excluding steroid dienone is 1. The van der Waals surface area contributed by atoms with E-state index in [4.69, 9.17) is 11.6 Å². The summed E-state index contributed by atoms with van der Waals surface area (Å²) in [6.45, 7) is 3.31. The van der Waals surface area contributed by atoms with Crippen molar-refractivity contribution < 1.29 is 9.21 Å². The van der Waals surface area contributed by atoms with Gasteiger partial charge in [0.1, 0.15) is 0 Å². The maximum Gasteiger partial charge on any atom is 0.204 e. The second kappa shape index (κ2) is 2.71. The lowest BCUT2D eigenvalue weighted by Crippen LogP contribution is -1.89. The van der Waals surface area contributed by atoms with E-state index >= 15 is 0 Å². The van der Waals surface area contributed by atoms with E-state index in [1.165, 1.54) is 18.4 Å². The first kappa shape index (κ1) is 7.09. The molecule has 1 aromatic rings. The van der Waals surface area contributed by atoms with E-state index in [1.807, 2.05) is 0 Å². The van der Waals surface area contributed by atoms with Gasteiger partial charge >= 0.3 is 0 Å². The monoisotopic (exact) mass is 156 g/mol. The van der Waals surface area contributed by atoms with Crippen LogP contribution < -0.4 is 0 Å². The second-order valence-electron chi connectivity index (χ2n) is 1.68. The van der Waals surface area contributed by atoms with E-state index in [0.717, 1.165) is 0 Å². The Morgan fingerprint density at radius 2 is 2.50 bits per heavy atom. The number of halogens is 1. The van der Waals surface area contributed by atoms with Gasteiger partial charge in [-0.05, 0) is 23.7 Å². The molecule has 0 spiro atoms. The molecule has 10 heavy (non-hydrogen) atoms. The second-order valence-corrected chi connectivity index (χ2v) is 2.02. The lowest BCUT2D eigenvalue weighted by Gasteiger charge is -1.85. The molecule has 0 amide bonds. The van der Waals surface area contributed by atoms with Gasteiger partial charge in [-0.25, -0.2) is 0 Å². The zero-order valence-electron chi connectivity index (χ0n) is 5.13. The molecule has 0 bridgehead atoms. The Bertz CT molecular complexity index is 262. The quantitative estimate of drug-likeness (QED) is 0.486. The molecule has 0 N–H and O–H groups in total. The molecule has 0 aliphatic rings. The predicted molar refractivity (Wildman–Crippen MR) is 38.2 cm³/mol. The molecule has 0 radical (unpaired) electrons. The van der Waals surface area contributed by atoms with Crippen LogP contribution in [-0.4, -0.2) is 5.78 Å². The van der Waals surface area contributed by atoms with Gasteiger partial charge in [0.25, 0.3) is 0 Å². The number of hydrogen-bond donors (Lipinski definition) is 0. The van der Waals surface area contributed by atoms with Crippen LogP contribution in [0.15, 0.2) is 29.4 Å². The molecule has 0 aromatic carbocycles. The summed E-state index contributed by atoms with van der Waals surface area (Å²) >= 11 is 5.48. The normalized spacial score (nSPS) is 9.30. The highest BCUT2D eigenvalue weighted by molar-refractivity contribution is 6.32. The highest BCUT2D eigenvalue weighted by atomic mass is 35.5. The van der Waals surface area contributed by atoms with Crippen molar-refractivity contribution in [1.82, 2.24) is 0 Å². The van der Waals surface area contributed by atoms with E-state index in [0.29, 0.717) is 5.56 Å². The van der Waals surface area contributed by atoms with E-state index < -0.39 is 0 Å². The van der Waals surface area contributed by atoms with Gasteiger partial charge in [0.15, 0.2) is 5.78 Å². The van der Waals surface area contributed by atoms with E-state index in [1.54, 1.807) is 0 Å². The number of hydrogen-bond acceptors (Lipinski definition) is 2. The number of furan rings is 1. The van der Waals surface area contributed by atoms with Crippen LogP contribution in [0.1, 0.15) is 10.4 Å². The van der Waals surface area contributed by atoms with Crippen molar-refractivity contribution in [2.24, 2.45) is 0 Å². The molecule has 0 aliphatic heterocycles. The first-order valence-corrected chi connectivity index (χ1v) is 3.03. The van der Waals surface area contributed by atoms with Crippen molar-refractivity contribution in [2.45, 2.75) is 0 Å². The molecule has 3 heteroatoms. The topological polar surface area (TPSA) is 30.2 Å². The molecule has 52 valence electrons. The number of carbonyl (C=O) groups is 1. The minimum atomic E-state index is -0.223. The fraction of sp³-hybridized carbons (Fsp3) is 0. The van der Waals surface area contributed by atoms with Crippen LogP contribution in [0.3, 0.4) is 0 Å². The van der Waals surface area contributed by atoms with Crippen LogP contribution in [0.4, 0.5) is 0 Å². The third-order valence-corrected chi connectivity index (χ3v) is 1.36. The molecule has 1 rings (SSSR count). The Morgan fingerprint density at radius 1 is 1.80 bits per heavy atom. The SMILES string of the molecule is C=CC(=O)c1ccoc1Cl. The Morgan fingerprint density at radius 3 is 2.90 bits per heavy atom. The summed E-state index contributed by atoms with van der Waals surface area (Å²) in [5.41, 5.74) is 0.358. The number of carbonyl (C=O) groups excluding carboxylic acids is 1. The van der Waals surface area contributed by atoms with Crippen molar-refractivity contribution in [2.75, 3.05) is 0 Å². The summed E-state index contributed by atoms with van der Waals surface area (Å²) in [6, 6.07) is 1.51. The van der Waals surface area contributed by atoms with Gasteiger partial charge in [0, 0.05) is 0 Å². The smallest absolute Gasteiger partial charge is 0.204 e. The molecular formula is C7H5ClO2. The molecule has 2 nitrogen and oxygen atoms in total. The van der Waals surface area contributed by atoms with Crippen LogP contribution in [-0.2, 0) is 0 Å². The minimum Gasteiger partial charge on any atom is -0.452 e. The summed E-state index contributed by atoms with van der Waals surface area (Å²) in [4.78, 5) is 10.8. The number of ketones is 1.